The van der Waals surface area contributed by atoms with E-state index in [0.717, 1.165) is 28.1 Å². The first kappa shape index (κ1) is 22.0. The van der Waals surface area contributed by atoms with Gasteiger partial charge in [-0.25, -0.2) is 4.68 Å². The molecule has 3 aromatic carbocycles. The van der Waals surface area contributed by atoms with Crippen LogP contribution in [0.4, 0.5) is 0 Å². The van der Waals surface area contributed by atoms with Crippen molar-refractivity contribution in [3.63, 3.8) is 0 Å². The summed E-state index contributed by atoms with van der Waals surface area (Å²) in [6.45, 7) is 2.09. The minimum atomic E-state index is -0.484. The van der Waals surface area contributed by atoms with Gasteiger partial charge in [0.05, 0.1) is 18.5 Å². The molecule has 0 N–H and O–H groups in total. The van der Waals surface area contributed by atoms with Gasteiger partial charge in [-0.3, -0.25) is 9.59 Å². The van der Waals surface area contributed by atoms with Crippen LogP contribution in [0.1, 0.15) is 21.6 Å². The first-order valence-electron chi connectivity index (χ1n) is 10.7. The summed E-state index contributed by atoms with van der Waals surface area (Å²) in [6, 6.07) is 29.0. The molecule has 6 nitrogen and oxygen atoms in total. The maximum absolute atomic E-state index is 13.6. The molecule has 6 heteroatoms. The van der Waals surface area contributed by atoms with Crippen molar-refractivity contribution in [1.82, 2.24) is 14.7 Å². The van der Waals surface area contributed by atoms with E-state index in [9.17, 15) is 9.59 Å². The standard InChI is InChI=1S/C27H25N3O3/c1-20-11-9-10-14-22(20)18-29(19-26(31)33-2)27(32)24-17-25(21-12-5-3-6-13-21)30(28-24)23-15-7-4-8-16-23/h3-17H,18-19H2,1-2H3. The zero-order chi connectivity index (χ0) is 23.2. The van der Waals surface area contributed by atoms with E-state index in [4.69, 9.17) is 4.74 Å². The van der Waals surface area contributed by atoms with E-state index in [-0.39, 0.29) is 24.7 Å². The van der Waals surface area contributed by atoms with Gasteiger partial charge in [0.25, 0.3) is 5.91 Å². The fraction of sp³-hybridized carbons (Fsp3) is 0.148. The van der Waals surface area contributed by atoms with Crippen LogP contribution in [0.5, 0.6) is 0 Å². The number of nitrogens with zero attached hydrogens (tertiary/aromatic N) is 3. The normalized spacial score (nSPS) is 10.6. The van der Waals surface area contributed by atoms with Crippen molar-refractivity contribution in [3.8, 4) is 16.9 Å². The summed E-state index contributed by atoms with van der Waals surface area (Å²) in [5.74, 6) is -0.821. The van der Waals surface area contributed by atoms with Gasteiger partial charge in [0, 0.05) is 12.1 Å². The molecule has 0 aliphatic carbocycles. The van der Waals surface area contributed by atoms with Crippen LogP contribution in [-0.2, 0) is 16.1 Å². The third-order valence-electron chi connectivity index (χ3n) is 5.46. The highest BCUT2D eigenvalue weighted by Gasteiger charge is 2.24. The number of hydrogen-bond donors (Lipinski definition) is 0. The van der Waals surface area contributed by atoms with E-state index in [1.807, 2.05) is 91.9 Å². The van der Waals surface area contributed by atoms with Crippen molar-refractivity contribution >= 4 is 11.9 Å². The third kappa shape index (κ3) is 5.01. The predicted molar refractivity (Wildman–Crippen MR) is 127 cm³/mol. The van der Waals surface area contributed by atoms with Crippen LogP contribution in [0.25, 0.3) is 16.9 Å². The van der Waals surface area contributed by atoms with Crippen LogP contribution in [0, 0.1) is 6.92 Å². The number of rotatable bonds is 7. The summed E-state index contributed by atoms with van der Waals surface area (Å²) in [5, 5.41) is 4.65. The summed E-state index contributed by atoms with van der Waals surface area (Å²) >= 11 is 0. The first-order valence-corrected chi connectivity index (χ1v) is 10.7. The highest BCUT2D eigenvalue weighted by atomic mass is 16.5. The van der Waals surface area contributed by atoms with Crippen molar-refractivity contribution in [1.29, 1.82) is 0 Å². The Kier molecular flexibility index (Phi) is 6.64. The lowest BCUT2D eigenvalue weighted by Crippen LogP contribution is -2.36. The Balaban J connectivity index is 1.75. The van der Waals surface area contributed by atoms with Gasteiger partial charge in [-0.15, -0.1) is 0 Å². The monoisotopic (exact) mass is 439 g/mol. The van der Waals surface area contributed by atoms with Gasteiger partial charge < -0.3 is 9.64 Å². The summed E-state index contributed by atoms with van der Waals surface area (Å²) in [5.41, 5.74) is 4.83. The predicted octanol–water partition coefficient (Wildman–Crippen LogP) is 4.66. The zero-order valence-electron chi connectivity index (χ0n) is 18.6. The lowest BCUT2D eigenvalue weighted by molar-refractivity contribution is -0.141. The van der Waals surface area contributed by atoms with Gasteiger partial charge in [-0.2, -0.15) is 5.10 Å². The topological polar surface area (TPSA) is 64.4 Å². The first-order chi connectivity index (χ1) is 16.1. The summed E-state index contributed by atoms with van der Waals surface area (Å²) in [4.78, 5) is 27.2. The molecule has 0 unspecified atom stereocenters. The Morgan fingerprint density at radius 3 is 2.21 bits per heavy atom. The minimum Gasteiger partial charge on any atom is -0.468 e. The van der Waals surface area contributed by atoms with Crippen LogP contribution in [0.3, 0.4) is 0 Å². The van der Waals surface area contributed by atoms with Gasteiger partial charge in [-0.1, -0.05) is 72.8 Å². The highest BCUT2D eigenvalue weighted by Crippen LogP contribution is 2.25. The number of ether oxygens (including phenoxy) is 1. The van der Waals surface area contributed by atoms with Crippen molar-refractivity contribution in [2.24, 2.45) is 0 Å². The molecule has 1 amide bonds. The van der Waals surface area contributed by atoms with Crippen LogP contribution in [0.15, 0.2) is 91.0 Å². The second-order valence-electron chi connectivity index (χ2n) is 7.69. The molecule has 166 valence electrons. The molecule has 0 atom stereocenters. The van der Waals surface area contributed by atoms with Gasteiger partial charge in [0.1, 0.15) is 6.54 Å². The molecular weight excluding hydrogens is 414 g/mol. The Morgan fingerprint density at radius 2 is 1.55 bits per heavy atom. The zero-order valence-corrected chi connectivity index (χ0v) is 18.6. The highest BCUT2D eigenvalue weighted by molar-refractivity contribution is 5.95. The van der Waals surface area contributed by atoms with E-state index in [2.05, 4.69) is 5.10 Å². The maximum Gasteiger partial charge on any atom is 0.325 e. The number of hydrogen-bond acceptors (Lipinski definition) is 4. The molecule has 0 aliphatic heterocycles. The van der Waals surface area contributed by atoms with Crippen LogP contribution in [0.2, 0.25) is 0 Å². The number of aryl methyl sites for hydroxylation is 1. The largest absolute Gasteiger partial charge is 0.468 e. The summed E-state index contributed by atoms with van der Waals surface area (Å²) in [7, 11) is 1.32. The average molecular weight is 440 g/mol. The van der Waals surface area contributed by atoms with Crippen molar-refractivity contribution < 1.29 is 14.3 Å². The van der Waals surface area contributed by atoms with Gasteiger partial charge in [0.2, 0.25) is 0 Å². The van der Waals surface area contributed by atoms with E-state index >= 15 is 0 Å². The number of carbonyl (C=O) groups excluding carboxylic acids is 2. The minimum absolute atomic E-state index is 0.164. The van der Waals surface area contributed by atoms with E-state index in [1.165, 1.54) is 12.0 Å². The Morgan fingerprint density at radius 1 is 0.909 bits per heavy atom. The smallest absolute Gasteiger partial charge is 0.325 e. The molecular formula is C27H25N3O3. The maximum atomic E-state index is 13.6. The Labute approximate surface area is 193 Å². The molecule has 4 aromatic rings. The number of amides is 1. The molecule has 0 radical (unpaired) electrons. The lowest BCUT2D eigenvalue weighted by Gasteiger charge is -2.21. The number of methoxy groups -OCH3 is 1. The SMILES string of the molecule is COC(=O)CN(Cc1ccccc1C)C(=O)c1cc(-c2ccccc2)n(-c2ccccc2)n1. The number of carbonyl (C=O) groups is 2. The van der Waals surface area contributed by atoms with Gasteiger partial charge in [-0.05, 0) is 36.2 Å². The molecule has 1 heterocycles. The molecule has 0 saturated heterocycles. The van der Waals surface area contributed by atoms with Gasteiger partial charge >= 0.3 is 5.97 Å². The van der Waals surface area contributed by atoms with Crippen LogP contribution < -0.4 is 0 Å². The Bertz CT molecular complexity index is 1190. The van der Waals surface area contributed by atoms with Crippen molar-refractivity contribution in [2.75, 3.05) is 13.7 Å². The molecule has 0 aliphatic rings. The second-order valence-corrected chi connectivity index (χ2v) is 7.69. The number of benzene rings is 3. The second kappa shape index (κ2) is 9.96. The third-order valence-corrected chi connectivity index (χ3v) is 5.46. The van der Waals surface area contributed by atoms with Crippen LogP contribution in [-0.4, -0.2) is 40.2 Å². The molecule has 0 saturated carbocycles. The number of esters is 1. The van der Waals surface area contributed by atoms with Crippen molar-refractivity contribution in [3.05, 3.63) is 108 Å². The Hall–Kier alpha value is -4.19. The molecule has 33 heavy (non-hydrogen) atoms. The molecule has 1 aromatic heterocycles. The number of aromatic nitrogens is 2. The van der Waals surface area contributed by atoms with E-state index in [1.54, 1.807) is 10.7 Å². The molecule has 0 spiro atoms. The fourth-order valence-corrected chi connectivity index (χ4v) is 3.64. The van der Waals surface area contributed by atoms with E-state index < -0.39 is 5.97 Å². The lowest BCUT2D eigenvalue weighted by atomic mass is 10.1. The van der Waals surface area contributed by atoms with Gasteiger partial charge in [0.15, 0.2) is 5.69 Å². The van der Waals surface area contributed by atoms with Crippen LogP contribution >= 0.6 is 0 Å². The average Bonchev–Trinajstić information content (AvgIpc) is 3.31. The quantitative estimate of drug-likeness (QED) is 0.393. The molecule has 4 rings (SSSR count). The summed E-state index contributed by atoms with van der Waals surface area (Å²) < 4.78 is 6.60. The summed E-state index contributed by atoms with van der Waals surface area (Å²) in [6.07, 6.45) is 0. The number of para-hydroxylation sites is 1. The fourth-order valence-electron chi connectivity index (χ4n) is 3.64. The molecule has 0 fully saturated rings. The molecule has 0 bridgehead atoms. The van der Waals surface area contributed by atoms with Crippen molar-refractivity contribution in [2.45, 2.75) is 13.5 Å². The van der Waals surface area contributed by atoms with E-state index in [0.29, 0.717) is 0 Å².